The molecular weight excluding hydrogens is 284 g/mol. The molecule has 1 aliphatic heterocycles. The maximum absolute atomic E-state index is 6.34. The van der Waals surface area contributed by atoms with Gasteiger partial charge in [-0.2, -0.15) is 0 Å². The third-order valence-corrected chi connectivity index (χ3v) is 4.58. The third kappa shape index (κ3) is 4.96. The van der Waals surface area contributed by atoms with Crippen molar-refractivity contribution in [1.82, 2.24) is 10.2 Å². The van der Waals surface area contributed by atoms with Crippen molar-refractivity contribution < 1.29 is 4.74 Å². The second-order valence-corrected chi connectivity index (χ2v) is 6.24. The van der Waals surface area contributed by atoms with Gasteiger partial charge < -0.3 is 15.0 Å². The second kappa shape index (κ2) is 8.74. The predicted octanol–water partition coefficient (Wildman–Crippen LogP) is 3.35. The Morgan fingerprint density at radius 1 is 1.43 bits per heavy atom. The molecule has 0 aromatic heterocycles. The van der Waals surface area contributed by atoms with Crippen LogP contribution in [0.3, 0.4) is 0 Å². The number of likely N-dealkylation sites (tertiary alicyclic amines) is 1. The van der Waals surface area contributed by atoms with Crippen molar-refractivity contribution in [3.8, 4) is 0 Å². The van der Waals surface area contributed by atoms with Crippen molar-refractivity contribution >= 4 is 11.6 Å². The standard InChI is InChI=1S/C17H27ClN2O/c1-3-19-17(15-6-4-5-7-16(15)18)9-11-20-10-8-14(12-20)13-21-2/h4-7,14,17,19H,3,8-13H2,1-2H3. The van der Waals surface area contributed by atoms with Crippen LogP contribution in [-0.2, 0) is 4.74 Å². The fraction of sp³-hybridized carbons (Fsp3) is 0.647. The van der Waals surface area contributed by atoms with Gasteiger partial charge in [0.05, 0.1) is 6.61 Å². The first-order chi connectivity index (χ1) is 10.2. The summed E-state index contributed by atoms with van der Waals surface area (Å²) in [7, 11) is 1.79. The van der Waals surface area contributed by atoms with Crippen LogP contribution in [0, 0.1) is 5.92 Å². The molecule has 0 aliphatic carbocycles. The van der Waals surface area contributed by atoms with Crippen molar-refractivity contribution in [2.75, 3.05) is 39.9 Å². The van der Waals surface area contributed by atoms with Crippen LogP contribution in [0.25, 0.3) is 0 Å². The molecule has 3 nitrogen and oxygen atoms in total. The van der Waals surface area contributed by atoms with Gasteiger partial charge in [0.1, 0.15) is 0 Å². The van der Waals surface area contributed by atoms with Crippen molar-refractivity contribution in [3.05, 3.63) is 34.9 Å². The van der Waals surface area contributed by atoms with Gasteiger partial charge in [0, 0.05) is 24.7 Å². The first-order valence-electron chi connectivity index (χ1n) is 7.93. The Kier molecular flexibility index (Phi) is 6.97. The molecule has 4 heteroatoms. The highest BCUT2D eigenvalue weighted by molar-refractivity contribution is 6.31. The van der Waals surface area contributed by atoms with E-state index in [4.69, 9.17) is 16.3 Å². The van der Waals surface area contributed by atoms with Crippen LogP contribution in [0.15, 0.2) is 24.3 Å². The minimum atomic E-state index is 0.338. The second-order valence-electron chi connectivity index (χ2n) is 5.83. The molecule has 1 fully saturated rings. The Balaban J connectivity index is 1.88. The first kappa shape index (κ1) is 16.8. The highest BCUT2D eigenvalue weighted by Crippen LogP contribution is 2.26. The average Bonchev–Trinajstić information content (AvgIpc) is 2.92. The number of hydrogen-bond acceptors (Lipinski definition) is 3. The van der Waals surface area contributed by atoms with Crippen molar-refractivity contribution in [1.29, 1.82) is 0 Å². The Morgan fingerprint density at radius 2 is 2.24 bits per heavy atom. The number of rotatable bonds is 8. The molecule has 118 valence electrons. The molecule has 2 rings (SSSR count). The predicted molar refractivity (Wildman–Crippen MR) is 88.9 cm³/mol. The van der Waals surface area contributed by atoms with E-state index < -0.39 is 0 Å². The topological polar surface area (TPSA) is 24.5 Å². The lowest BCUT2D eigenvalue weighted by Crippen LogP contribution is -2.29. The number of nitrogens with one attached hydrogen (secondary N) is 1. The monoisotopic (exact) mass is 310 g/mol. The number of benzene rings is 1. The quantitative estimate of drug-likeness (QED) is 0.797. The Hall–Kier alpha value is -0.610. The number of hydrogen-bond donors (Lipinski definition) is 1. The maximum Gasteiger partial charge on any atom is 0.0503 e. The van der Waals surface area contributed by atoms with Crippen molar-refractivity contribution in [2.45, 2.75) is 25.8 Å². The summed E-state index contributed by atoms with van der Waals surface area (Å²) in [5.74, 6) is 0.702. The molecule has 1 aromatic carbocycles. The van der Waals surface area contributed by atoms with Crippen LogP contribution in [0.1, 0.15) is 31.4 Å². The molecule has 1 heterocycles. The van der Waals surface area contributed by atoms with E-state index in [1.54, 1.807) is 7.11 Å². The Morgan fingerprint density at radius 3 is 2.95 bits per heavy atom. The summed E-state index contributed by atoms with van der Waals surface area (Å²) in [5, 5.41) is 4.43. The van der Waals surface area contributed by atoms with Crippen LogP contribution < -0.4 is 5.32 Å². The summed E-state index contributed by atoms with van der Waals surface area (Å²) in [4.78, 5) is 2.55. The van der Waals surface area contributed by atoms with Crippen molar-refractivity contribution in [3.63, 3.8) is 0 Å². The molecule has 21 heavy (non-hydrogen) atoms. The molecule has 1 N–H and O–H groups in total. The summed E-state index contributed by atoms with van der Waals surface area (Å²) in [6.45, 7) is 7.46. The average molecular weight is 311 g/mol. The summed E-state index contributed by atoms with van der Waals surface area (Å²) >= 11 is 6.34. The lowest BCUT2D eigenvalue weighted by molar-refractivity contribution is 0.152. The third-order valence-electron chi connectivity index (χ3n) is 4.24. The van der Waals surface area contributed by atoms with Crippen LogP contribution in [0.4, 0.5) is 0 Å². The summed E-state index contributed by atoms with van der Waals surface area (Å²) in [5.41, 5.74) is 1.22. The molecule has 0 spiro atoms. The van der Waals surface area contributed by atoms with E-state index in [2.05, 4.69) is 29.3 Å². The molecule has 1 saturated heterocycles. The zero-order chi connectivity index (χ0) is 15.1. The largest absolute Gasteiger partial charge is 0.384 e. The molecule has 2 atom stereocenters. The van der Waals surface area contributed by atoms with Gasteiger partial charge >= 0.3 is 0 Å². The molecule has 0 amide bonds. The SMILES string of the molecule is CCNC(CCN1CCC(COC)C1)c1ccccc1Cl. The highest BCUT2D eigenvalue weighted by Gasteiger charge is 2.23. The van der Waals surface area contributed by atoms with Gasteiger partial charge in [0.25, 0.3) is 0 Å². The summed E-state index contributed by atoms with van der Waals surface area (Å²) in [6.07, 6.45) is 2.35. The van der Waals surface area contributed by atoms with Gasteiger partial charge in [-0.15, -0.1) is 0 Å². The number of methoxy groups -OCH3 is 1. The Bertz CT molecular complexity index is 427. The Labute approximate surface area is 133 Å². The lowest BCUT2D eigenvalue weighted by atomic mass is 10.0. The minimum Gasteiger partial charge on any atom is -0.384 e. The zero-order valence-electron chi connectivity index (χ0n) is 13.1. The van der Waals surface area contributed by atoms with Crippen LogP contribution >= 0.6 is 11.6 Å². The van der Waals surface area contributed by atoms with E-state index in [1.807, 2.05) is 12.1 Å². The summed E-state index contributed by atoms with van der Waals surface area (Å²) < 4.78 is 5.27. The van der Waals surface area contributed by atoms with Gasteiger partial charge in [-0.25, -0.2) is 0 Å². The van der Waals surface area contributed by atoms with E-state index >= 15 is 0 Å². The van der Waals surface area contributed by atoms with Gasteiger partial charge in [-0.05, 0) is 50.0 Å². The first-order valence-corrected chi connectivity index (χ1v) is 8.31. The number of halogens is 1. The molecular formula is C17H27ClN2O. The molecule has 0 saturated carbocycles. The lowest BCUT2D eigenvalue weighted by Gasteiger charge is -2.23. The van der Waals surface area contributed by atoms with Crippen molar-refractivity contribution in [2.24, 2.45) is 5.92 Å². The zero-order valence-corrected chi connectivity index (χ0v) is 13.9. The van der Waals surface area contributed by atoms with E-state index in [0.717, 1.165) is 37.7 Å². The fourth-order valence-electron chi connectivity index (χ4n) is 3.17. The van der Waals surface area contributed by atoms with E-state index in [-0.39, 0.29) is 0 Å². The van der Waals surface area contributed by atoms with Gasteiger partial charge in [0.2, 0.25) is 0 Å². The van der Waals surface area contributed by atoms with E-state index in [1.165, 1.54) is 18.5 Å². The highest BCUT2D eigenvalue weighted by atomic mass is 35.5. The van der Waals surface area contributed by atoms with Gasteiger partial charge in [-0.1, -0.05) is 36.7 Å². The summed E-state index contributed by atoms with van der Waals surface area (Å²) in [6, 6.07) is 8.50. The van der Waals surface area contributed by atoms with Crippen LogP contribution in [-0.4, -0.2) is 44.8 Å². The minimum absolute atomic E-state index is 0.338. The van der Waals surface area contributed by atoms with E-state index in [0.29, 0.717) is 12.0 Å². The van der Waals surface area contributed by atoms with E-state index in [9.17, 15) is 0 Å². The number of nitrogens with zero attached hydrogens (tertiary/aromatic N) is 1. The smallest absolute Gasteiger partial charge is 0.0503 e. The van der Waals surface area contributed by atoms with Crippen LogP contribution in [0.5, 0.6) is 0 Å². The molecule has 1 aliphatic rings. The normalized spacial score (nSPS) is 20.8. The maximum atomic E-state index is 6.34. The van der Waals surface area contributed by atoms with Gasteiger partial charge in [-0.3, -0.25) is 0 Å². The molecule has 2 unspecified atom stereocenters. The molecule has 0 bridgehead atoms. The fourth-order valence-corrected chi connectivity index (χ4v) is 3.44. The molecule has 1 aromatic rings. The molecule has 0 radical (unpaired) electrons. The number of ether oxygens (including phenoxy) is 1. The van der Waals surface area contributed by atoms with Gasteiger partial charge in [0.15, 0.2) is 0 Å². The van der Waals surface area contributed by atoms with Crippen LogP contribution in [0.2, 0.25) is 5.02 Å².